The monoisotopic (exact) mass is 266 g/mol. The molecule has 0 amide bonds. The van der Waals surface area contributed by atoms with Crippen LogP contribution in [0.25, 0.3) is 0 Å². The van der Waals surface area contributed by atoms with E-state index in [2.05, 4.69) is 31.0 Å². The Kier molecular flexibility index (Phi) is 6.15. The Labute approximate surface area is 120 Å². The third-order valence-electron chi connectivity index (χ3n) is 5.20. The summed E-state index contributed by atoms with van der Waals surface area (Å²) < 4.78 is 0. The molecule has 0 aromatic carbocycles. The predicted octanol–water partition coefficient (Wildman–Crippen LogP) is 3.81. The maximum atomic E-state index is 3.54. The molecule has 1 unspecified atom stereocenters. The second-order valence-corrected chi connectivity index (χ2v) is 7.09. The molecule has 0 aromatic heterocycles. The van der Waals surface area contributed by atoms with E-state index >= 15 is 0 Å². The molecule has 0 radical (unpaired) electrons. The number of rotatable bonds is 6. The van der Waals surface area contributed by atoms with Crippen molar-refractivity contribution in [3.8, 4) is 0 Å². The highest BCUT2D eigenvalue weighted by molar-refractivity contribution is 4.89. The van der Waals surface area contributed by atoms with Crippen molar-refractivity contribution in [3.05, 3.63) is 0 Å². The van der Waals surface area contributed by atoms with Crippen molar-refractivity contribution < 1.29 is 0 Å². The van der Waals surface area contributed by atoms with E-state index in [9.17, 15) is 0 Å². The van der Waals surface area contributed by atoms with Crippen LogP contribution in [-0.2, 0) is 0 Å². The van der Waals surface area contributed by atoms with Crippen LogP contribution in [-0.4, -0.2) is 36.1 Å². The SMILES string of the molecule is CC(C)NCCCC(C)N1CCC[C@H]2CCCC[C@H]21. The number of nitrogens with one attached hydrogen (secondary N) is 1. The number of hydrogen-bond acceptors (Lipinski definition) is 2. The molecule has 19 heavy (non-hydrogen) atoms. The molecule has 1 saturated heterocycles. The number of hydrogen-bond donors (Lipinski definition) is 1. The van der Waals surface area contributed by atoms with Gasteiger partial charge in [-0.1, -0.05) is 26.7 Å². The summed E-state index contributed by atoms with van der Waals surface area (Å²) in [5.74, 6) is 1.03. The molecule has 1 aliphatic heterocycles. The van der Waals surface area contributed by atoms with Gasteiger partial charge in [0.15, 0.2) is 0 Å². The van der Waals surface area contributed by atoms with Gasteiger partial charge in [-0.05, 0) is 64.5 Å². The fourth-order valence-corrected chi connectivity index (χ4v) is 4.16. The molecule has 3 atom stereocenters. The van der Waals surface area contributed by atoms with Gasteiger partial charge < -0.3 is 5.32 Å². The number of piperidine rings is 1. The lowest BCUT2D eigenvalue weighted by Crippen LogP contribution is -2.50. The summed E-state index contributed by atoms with van der Waals surface area (Å²) in [6.45, 7) is 9.48. The number of fused-ring (bicyclic) bond motifs is 1. The average Bonchev–Trinajstić information content (AvgIpc) is 2.42. The summed E-state index contributed by atoms with van der Waals surface area (Å²) in [4.78, 5) is 2.86. The molecule has 2 nitrogen and oxygen atoms in total. The average molecular weight is 266 g/mol. The lowest BCUT2D eigenvalue weighted by molar-refractivity contribution is 0.0282. The van der Waals surface area contributed by atoms with E-state index in [0.29, 0.717) is 6.04 Å². The zero-order valence-electron chi connectivity index (χ0n) is 13.3. The minimum Gasteiger partial charge on any atom is -0.315 e. The molecule has 1 aliphatic carbocycles. The molecule has 2 fully saturated rings. The van der Waals surface area contributed by atoms with Gasteiger partial charge in [0.25, 0.3) is 0 Å². The number of likely N-dealkylation sites (tertiary alicyclic amines) is 1. The van der Waals surface area contributed by atoms with Gasteiger partial charge in [0, 0.05) is 18.1 Å². The quantitative estimate of drug-likeness (QED) is 0.736. The van der Waals surface area contributed by atoms with Crippen LogP contribution in [0.2, 0.25) is 0 Å². The van der Waals surface area contributed by atoms with Crippen LogP contribution in [0.3, 0.4) is 0 Å². The summed E-state index contributed by atoms with van der Waals surface area (Å²) >= 11 is 0. The highest BCUT2D eigenvalue weighted by Crippen LogP contribution is 2.36. The smallest absolute Gasteiger partial charge is 0.0126 e. The van der Waals surface area contributed by atoms with Crippen molar-refractivity contribution in [2.45, 2.75) is 90.3 Å². The zero-order valence-corrected chi connectivity index (χ0v) is 13.3. The van der Waals surface area contributed by atoms with Gasteiger partial charge in [0.2, 0.25) is 0 Å². The first-order valence-corrected chi connectivity index (χ1v) is 8.67. The van der Waals surface area contributed by atoms with E-state index in [-0.39, 0.29) is 0 Å². The van der Waals surface area contributed by atoms with E-state index in [0.717, 1.165) is 18.0 Å². The molecule has 2 rings (SSSR count). The molecule has 2 heteroatoms. The van der Waals surface area contributed by atoms with E-state index in [1.54, 1.807) is 0 Å². The number of nitrogens with zero attached hydrogens (tertiary/aromatic N) is 1. The van der Waals surface area contributed by atoms with Gasteiger partial charge in [-0.15, -0.1) is 0 Å². The minimum absolute atomic E-state index is 0.632. The summed E-state index contributed by atoms with van der Waals surface area (Å²) in [6, 6.07) is 2.35. The highest BCUT2D eigenvalue weighted by atomic mass is 15.2. The van der Waals surface area contributed by atoms with Gasteiger partial charge in [-0.2, -0.15) is 0 Å². The Morgan fingerprint density at radius 1 is 1.05 bits per heavy atom. The molecular formula is C17H34N2. The first-order valence-electron chi connectivity index (χ1n) is 8.67. The second kappa shape index (κ2) is 7.64. The van der Waals surface area contributed by atoms with Gasteiger partial charge in [-0.25, -0.2) is 0 Å². The highest BCUT2D eigenvalue weighted by Gasteiger charge is 2.34. The third-order valence-corrected chi connectivity index (χ3v) is 5.20. The second-order valence-electron chi connectivity index (χ2n) is 7.09. The van der Waals surface area contributed by atoms with Crippen LogP contribution in [0.15, 0.2) is 0 Å². The van der Waals surface area contributed by atoms with E-state index in [1.165, 1.54) is 64.5 Å². The molecule has 0 bridgehead atoms. The van der Waals surface area contributed by atoms with E-state index in [1.807, 2.05) is 0 Å². The van der Waals surface area contributed by atoms with Crippen LogP contribution >= 0.6 is 0 Å². The maximum Gasteiger partial charge on any atom is 0.0126 e. The molecular weight excluding hydrogens is 232 g/mol. The molecule has 1 heterocycles. The summed E-state index contributed by atoms with van der Waals surface area (Å²) in [5.41, 5.74) is 0. The molecule has 1 N–H and O–H groups in total. The van der Waals surface area contributed by atoms with Crippen molar-refractivity contribution in [1.82, 2.24) is 10.2 Å². The lowest BCUT2D eigenvalue weighted by atomic mass is 9.77. The predicted molar refractivity (Wildman–Crippen MR) is 83.5 cm³/mol. The van der Waals surface area contributed by atoms with Crippen molar-refractivity contribution in [1.29, 1.82) is 0 Å². The molecule has 0 spiro atoms. The maximum absolute atomic E-state index is 3.54. The first kappa shape index (κ1) is 15.3. The van der Waals surface area contributed by atoms with Crippen LogP contribution in [0.5, 0.6) is 0 Å². The van der Waals surface area contributed by atoms with Crippen LogP contribution in [0.1, 0.15) is 72.1 Å². The first-order chi connectivity index (χ1) is 9.18. The summed E-state index contributed by atoms with van der Waals surface area (Å²) in [5, 5.41) is 3.54. The Hall–Kier alpha value is -0.0800. The van der Waals surface area contributed by atoms with Crippen molar-refractivity contribution >= 4 is 0 Å². The Bertz CT molecular complexity index is 250. The molecule has 1 saturated carbocycles. The van der Waals surface area contributed by atoms with Gasteiger partial charge in [0.1, 0.15) is 0 Å². The standard InChI is InChI=1S/C17H34N2/c1-14(2)18-12-6-8-15(3)19-13-7-10-16-9-4-5-11-17(16)19/h14-18H,4-13H2,1-3H3/t15?,16-,17-/m1/s1. The largest absolute Gasteiger partial charge is 0.315 e. The van der Waals surface area contributed by atoms with Gasteiger partial charge in [-0.3, -0.25) is 4.90 Å². The summed E-state index contributed by atoms with van der Waals surface area (Å²) in [7, 11) is 0. The Morgan fingerprint density at radius 2 is 1.79 bits per heavy atom. The normalized spacial score (nSPS) is 30.3. The third kappa shape index (κ3) is 4.46. The summed E-state index contributed by atoms with van der Waals surface area (Å²) in [6.07, 6.45) is 11.6. The topological polar surface area (TPSA) is 15.3 Å². The Balaban J connectivity index is 1.75. The minimum atomic E-state index is 0.632. The van der Waals surface area contributed by atoms with Crippen molar-refractivity contribution in [3.63, 3.8) is 0 Å². The fourth-order valence-electron chi connectivity index (χ4n) is 4.16. The van der Waals surface area contributed by atoms with Crippen LogP contribution in [0, 0.1) is 5.92 Å². The van der Waals surface area contributed by atoms with Gasteiger partial charge in [0.05, 0.1) is 0 Å². The van der Waals surface area contributed by atoms with Gasteiger partial charge >= 0.3 is 0 Å². The zero-order chi connectivity index (χ0) is 13.7. The van der Waals surface area contributed by atoms with Crippen LogP contribution in [0.4, 0.5) is 0 Å². The Morgan fingerprint density at radius 3 is 2.58 bits per heavy atom. The fraction of sp³-hybridized carbons (Fsp3) is 1.00. The molecule has 2 aliphatic rings. The lowest BCUT2D eigenvalue weighted by Gasteiger charge is -2.47. The van der Waals surface area contributed by atoms with E-state index < -0.39 is 0 Å². The van der Waals surface area contributed by atoms with Crippen molar-refractivity contribution in [2.24, 2.45) is 5.92 Å². The van der Waals surface area contributed by atoms with E-state index in [4.69, 9.17) is 0 Å². The molecule has 112 valence electrons. The molecule has 0 aromatic rings. The van der Waals surface area contributed by atoms with Crippen molar-refractivity contribution in [2.75, 3.05) is 13.1 Å². The van der Waals surface area contributed by atoms with Crippen LogP contribution < -0.4 is 5.32 Å².